The van der Waals surface area contributed by atoms with E-state index in [1.165, 1.54) is 0 Å². The van der Waals surface area contributed by atoms with E-state index in [9.17, 15) is 4.79 Å². The minimum atomic E-state index is -0.0616. The van der Waals surface area contributed by atoms with Crippen molar-refractivity contribution in [3.05, 3.63) is 48.4 Å². The Balaban J connectivity index is 1.50. The highest BCUT2D eigenvalue weighted by molar-refractivity contribution is 5.99. The molecule has 1 saturated heterocycles. The van der Waals surface area contributed by atoms with Gasteiger partial charge in [0.25, 0.3) is 5.91 Å². The first-order valence-electron chi connectivity index (χ1n) is 9.12. The molecule has 2 aromatic heterocycles. The molecule has 1 aliphatic rings. The van der Waals surface area contributed by atoms with Crippen LogP contribution in [0.1, 0.15) is 23.3 Å². The van der Waals surface area contributed by atoms with Crippen LogP contribution in [0.2, 0.25) is 0 Å². The van der Waals surface area contributed by atoms with Crippen LogP contribution >= 0.6 is 0 Å². The minimum Gasteiger partial charge on any atom is -0.497 e. The average molecular weight is 365 g/mol. The summed E-state index contributed by atoms with van der Waals surface area (Å²) < 4.78 is 7.20. The Kier molecular flexibility index (Phi) is 4.66. The number of hydrogen-bond donors (Lipinski definition) is 1. The zero-order chi connectivity index (χ0) is 18.8. The van der Waals surface area contributed by atoms with E-state index in [4.69, 9.17) is 4.74 Å². The number of anilines is 1. The molecular weight excluding hydrogens is 342 g/mol. The average Bonchev–Trinajstić information content (AvgIpc) is 3.05. The van der Waals surface area contributed by atoms with Gasteiger partial charge < -0.3 is 19.5 Å². The molecule has 0 saturated carbocycles. The number of carbonyl (C=O) groups excluding carboxylic acids is 1. The van der Waals surface area contributed by atoms with Crippen LogP contribution in [0, 0.1) is 0 Å². The summed E-state index contributed by atoms with van der Waals surface area (Å²) in [5.41, 5.74) is 1.65. The number of nitrogens with zero attached hydrogens (tertiary/aromatic N) is 4. The van der Waals surface area contributed by atoms with E-state index in [2.05, 4.69) is 20.2 Å². The first-order chi connectivity index (χ1) is 13.2. The molecule has 3 heterocycles. The van der Waals surface area contributed by atoms with Gasteiger partial charge >= 0.3 is 0 Å². The van der Waals surface area contributed by atoms with Crippen molar-refractivity contribution in [1.82, 2.24) is 19.9 Å². The topological polar surface area (TPSA) is 72.3 Å². The van der Waals surface area contributed by atoms with E-state index in [1.54, 1.807) is 19.5 Å². The molecular formula is C20H23N5O2. The molecule has 0 bridgehead atoms. The third-order valence-corrected chi connectivity index (χ3v) is 5.07. The van der Waals surface area contributed by atoms with Crippen LogP contribution in [0.25, 0.3) is 10.9 Å². The summed E-state index contributed by atoms with van der Waals surface area (Å²) in [6.07, 6.45) is 5.44. The Morgan fingerprint density at radius 1 is 1.26 bits per heavy atom. The molecule has 1 amide bonds. The largest absolute Gasteiger partial charge is 0.497 e. The number of hydrogen-bond acceptors (Lipinski definition) is 5. The van der Waals surface area contributed by atoms with Crippen molar-refractivity contribution in [1.29, 1.82) is 0 Å². The number of carbonyl (C=O) groups is 1. The SMILES string of the molecule is COc1ccc2c(c1)cc(C(=O)N[C@@H]1CCCN(c3ncccn3)C1)n2C. The number of aryl methyl sites for hydroxylation is 1. The van der Waals surface area contributed by atoms with Crippen molar-refractivity contribution in [3.8, 4) is 5.75 Å². The fraction of sp³-hybridized carbons (Fsp3) is 0.350. The van der Waals surface area contributed by atoms with Gasteiger partial charge in [-0.05, 0) is 43.2 Å². The van der Waals surface area contributed by atoms with Crippen molar-refractivity contribution in [2.75, 3.05) is 25.1 Å². The van der Waals surface area contributed by atoms with E-state index >= 15 is 0 Å². The van der Waals surface area contributed by atoms with Gasteiger partial charge in [-0.2, -0.15) is 0 Å². The zero-order valence-electron chi connectivity index (χ0n) is 15.6. The lowest BCUT2D eigenvalue weighted by atomic mass is 10.1. The lowest BCUT2D eigenvalue weighted by molar-refractivity contribution is 0.0925. The predicted octanol–water partition coefficient (Wildman–Crippen LogP) is 2.38. The number of rotatable bonds is 4. The zero-order valence-corrected chi connectivity index (χ0v) is 15.6. The molecule has 7 nitrogen and oxygen atoms in total. The number of piperidine rings is 1. The van der Waals surface area contributed by atoms with Crippen LogP contribution in [-0.2, 0) is 7.05 Å². The van der Waals surface area contributed by atoms with Crippen LogP contribution in [0.4, 0.5) is 5.95 Å². The third kappa shape index (κ3) is 3.45. The second-order valence-electron chi connectivity index (χ2n) is 6.82. The van der Waals surface area contributed by atoms with Crippen LogP contribution < -0.4 is 15.0 Å². The Morgan fingerprint density at radius 3 is 2.85 bits per heavy atom. The van der Waals surface area contributed by atoms with Gasteiger partial charge in [0.1, 0.15) is 11.4 Å². The van der Waals surface area contributed by atoms with Crippen molar-refractivity contribution in [2.45, 2.75) is 18.9 Å². The van der Waals surface area contributed by atoms with Gasteiger partial charge in [-0.15, -0.1) is 0 Å². The van der Waals surface area contributed by atoms with Gasteiger partial charge in [0, 0.05) is 49.5 Å². The van der Waals surface area contributed by atoms with Gasteiger partial charge in [-0.25, -0.2) is 9.97 Å². The van der Waals surface area contributed by atoms with E-state index in [0.29, 0.717) is 18.2 Å². The monoisotopic (exact) mass is 365 g/mol. The normalized spacial score (nSPS) is 17.1. The van der Waals surface area contributed by atoms with Crippen molar-refractivity contribution >= 4 is 22.8 Å². The molecule has 1 atom stereocenters. The van der Waals surface area contributed by atoms with Gasteiger partial charge in [-0.3, -0.25) is 4.79 Å². The molecule has 1 aliphatic heterocycles. The predicted molar refractivity (Wildman–Crippen MR) is 104 cm³/mol. The molecule has 1 fully saturated rings. The van der Waals surface area contributed by atoms with Crippen molar-refractivity contribution in [2.24, 2.45) is 7.05 Å². The third-order valence-electron chi connectivity index (χ3n) is 5.07. The van der Waals surface area contributed by atoms with Crippen LogP contribution in [0.3, 0.4) is 0 Å². The Labute approximate surface area is 158 Å². The number of amides is 1. The lowest BCUT2D eigenvalue weighted by Crippen LogP contribution is -2.48. The second-order valence-corrected chi connectivity index (χ2v) is 6.82. The highest BCUT2D eigenvalue weighted by Crippen LogP contribution is 2.24. The van der Waals surface area contributed by atoms with Gasteiger partial charge in [0.15, 0.2) is 0 Å². The molecule has 3 aromatic rings. The molecule has 0 spiro atoms. The number of benzene rings is 1. The molecule has 0 unspecified atom stereocenters. The quantitative estimate of drug-likeness (QED) is 0.769. The Bertz CT molecular complexity index is 954. The molecule has 27 heavy (non-hydrogen) atoms. The standard InChI is InChI=1S/C20H23N5O2/c1-24-17-7-6-16(27-2)11-14(17)12-18(24)19(26)23-15-5-3-10-25(13-15)20-21-8-4-9-22-20/h4,6-9,11-12,15H,3,5,10,13H2,1-2H3,(H,23,26)/t15-/m1/s1. The van der Waals surface area contributed by atoms with Gasteiger partial charge in [0.2, 0.25) is 5.95 Å². The number of methoxy groups -OCH3 is 1. The first-order valence-corrected chi connectivity index (χ1v) is 9.12. The van der Waals surface area contributed by atoms with Crippen molar-refractivity contribution in [3.63, 3.8) is 0 Å². The van der Waals surface area contributed by atoms with Crippen LogP contribution in [0.5, 0.6) is 5.75 Å². The number of fused-ring (bicyclic) bond motifs is 1. The fourth-order valence-corrected chi connectivity index (χ4v) is 3.66. The summed E-state index contributed by atoms with van der Waals surface area (Å²) >= 11 is 0. The smallest absolute Gasteiger partial charge is 0.268 e. The maximum atomic E-state index is 12.9. The maximum absolute atomic E-state index is 12.9. The molecule has 0 aliphatic carbocycles. The summed E-state index contributed by atoms with van der Waals surface area (Å²) in [5.74, 6) is 1.44. The number of ether oxygens (including phenoxy) is 1. The summed E-state index contributed by atoms with van der Waals surface area (Å²) in [4.78, 5) is 23.7. The van der Waals surface area contributed by atoms with Gasteiger partial charge in [0.05, 0.1) is 7.11 Å². The molecule has 1 N–H and O–H groups in total. The van der Waals surface area contributed by atoms with E-state index in [-0.39, 0.29) is 11.9 Å². The van der Waals surface area contributed by atoms with E-state index < -0.39 is 0 Å². The molecule has 4 rings (SSSR count). The van der Waals surface area contributed by atoms with E-state index in [1.807, 2.05) is 41.9 Å². The molecule has 0 radical (unpaired) electrons. The summed E-state index contributed by atoms with van der Waals surface area (Å²) in [6.45, 7) is 1.62. The summed E-state index contributed by atoms with van der Waals surface area (Å²) in [5, 5.41) is 4.17. The van der Waals surface area contributed by atoms with Crippen molar-refractivity contribution < 1.29 is 9.53 Å². The summed E-state index contributed by atoms with van der Waals surface area (Å²) in [7, 11) is 3.55. The van der Waals surface area contributed by atoms with Gasteiger partial charge in [-0.1, -0.05) is 0 Å². The molecule has 1 aromatic carbocycles. The molecule has 140 valence electrons. The first kappa shape index (κ1) is 17.3. The van der Waals surface area contributed by atoms with E-state index in [0.717, 1.165) is 36.0 Å². The highest BCUT2D eigenvalue weighted by Gasteiger charge is 2.24. The van der Waals surface area contributed by atoms with Crippen LogP contribution in [0.15, 0.2) is 42.7 Å². The highest BCUT2D eigenvalue weighted by atomic mass is 16.5. The number of aromatic nitrogens is 3. The minimum absolute atomic E-state index is 0.0616. The fourth-order valence-electron chi connectivity index (χ4n) is 3.66. The Hall–Kier alpha value is -3.09. The number of nitrogens with one attached hydrogen (secondary N) is 1. The van der Waals surface area contributed by atoms with Crippen LogP contribution in [-0.4, -0.2) is 46.7 Å². The maximum Gasteiger partial charge on any atom is 0.268 e. The summed E-state index contributed by atoms with van der Waals surface area (Å²) in [6, 6.07) is 9.61. The Morgan fingerprint density at radius 2 is 2.07 bits per heavy atom. The molecule has 7 heteroatoms. The second kappa shape index (κ2) is 7.26. The lowest BCUT2D eigenvalue weighted by Gasteiger charge is -2.33.